The first-order valence-electron chi connectivity index (χ1n) is 14.1. The second kappa shape index (κ2) is 11.7. The van der Waals surface area contributed by atoms with Crippen LogP contribution < -0.4 is 9.64 Å². The van der Waals surface area contributed by atoms with Crippen LogP contribution in [0.15, 0.2) is 40.9 Å². The van der Waals surface area contributed by atoms with Gasteiger partial charge in [-0.25, -0.2) is 19.0 Å². The molecule has 44 heavy (non-hydrogen) atoms. The predicted octanol–water partition coefficient (Wildman–Crippen LogP) is 7.26. The maximum absolute atomic E-state index is 14.8. The third kappa shape index (κ3) is 5.94. The van der Waals surface area contributed by atoms with Crippen LogP contribution in [0, 0.1) is 5.82 Å². The molecule has 2 aliphatic rings. The third-order valence-electron chi connectivity index (χ3n) is 7.76. The van der Waals surface area contributed by atoms with E-state index in [1.54, 1.807) is 6.07 Å². The van der Waals surface area contributed by atoms with Crippen molar-refractivity contribution in [2.75, 3.05) is 18.6 Å². The van der Waals surface area contributed by atoms with E-state index in [2.05, 4.69) is 14.9 Å². The quantitative estimate of drug-likeness (QED) is 0.147. The number of hydrogen-bond acceptors (Lipinski definition) is 10. The van der Waals surface area contributed by atoms with Gasteiger partial charge >= 0.3 is 18.3 Å². The Balaban J connectivity index is 1.23. The molecule has 14 heteroatoms. The molecule has 2 aromatic carbocycles. The molecule has 1 saturated carbocycles. The molecule has 1 aliphatic heterocycles. The van der Waals surface area contributed by atoms with Gasteiger partial charge in [0.15, 0.2) is 16.7 Å². The van der Waals surface area contributed by atoms with E-state index in [0.717, 1.165) is 25.0 Å². The number of nitrogens with zero attached hydrogens (tertiary/aromatic N) is 3. The van der Waals surface area contributed by atoms with Crippen LogP contribution in [-0.4, -0.2) is 54.2 Å². The van der Waals surface area contributed by atoms with E-state index >= 15 is 0 Å². The molecule has 0 spiro atoms. The third-order valence-corrected chi connectivity index (χ3v) is 8.79. The average Bonchev–Trinajstić information content (AvgIpc) is 3.58. The van der Waals surface area contributed by atoms with Crippen LogP contribution in [0.2, 0.25) is 0 Å². The molecule has 0 bridgehead atoms. The molecule has 1 aliphatic carbocycles. The first-order valence-corrected chi connectivity index (χ1v) is 14.9. The van der Waals surface area contributed by atoms with Crippen molar-refractivity contribution in [2.24, 2.45) is 0 Å². The summed E-state index contributed by atoms with van der Waals surface area (Å²) < 4.78 is 75.0. The molecule has 2 fully saturated rings. The summed E-state index contributed by atoms with van der Waals surface area (Å²) >= 11 is 1.26. The van der Waals surface area contributed by atoms with Gasteiger partial charge in [-0.2, -0.15) is 0 Å². The van der Waals surface area contributed by atoms with Crippen LogP contribution in [-0.2, 0) is 9.47 Å². The largest absolute Gasteiger partial charge is 0.573 e. The van der Waals surface area contributed by atoms with Crippen molar-refractivity contribution < 1.29 is 45.9 Å². The standard InChI is InChI=1S/C30H27F4N3O6S/c1-3-17-14-18(10-11-37(17)29-35-25-20(31)12-16(27(38)40-2)13-22(25)44-29)41-28(39)23-24(36-43-26(23)15-8-9-15)19-6-4-5-7-21(19)42-30(32,33)34/h4-7,12-13,15,17-18H,3,8-11,14H2,1-2H3/t17-,18-/m1/s1. The van der Waals surface area contributed by atoms with Crippen molar-refractivity contribution in [1.82, 2.24) is 10.1 Å². The van der Waals surface area contributed by atoms with E-state index in [-0.39, 0.29) is 39.9 Å². The summed E-state index contributed by atoms with van der Waals surface area (Å²) in [5, 5.41) is 4.57. The zero-order valence-electron chi connectivity index (χ0n) is 23.7. The summed E-state index contributed by atoms with van der Waals surface area (Å²) in [6, 6.07) is 7.99. The number of anilines is 1. The highest BCUT2D eigenvalue weighted by molar-refractivity contribution is 7.22. The molecule has 232 valence electrons. The van der Waals surface area contributed by atoms with Gasteiger partial charge in [-0.3, -0.25) is 0 Å². The number of methoxy groups -OCH3 is 1. The fraction of sp³-hybridized carbons (Fsp3) is 0.400. The predicted molar refractivity (Wildman–Crippen MR) is 151 cm³/mol. The maximum atomic E-state index is 14.8. The Morgan fingerprint density at radius 3 is 2.61 bits per heavy atom. The number of alkyl halides is 3. The zero-order valence-corrected chi connectivity index (χ0v) is 24.5. The van der Waals surface area contributed by atoms with Gasteiger partial charge in [0.2, 0.25) is 0 Å². The van der Waals surface area contributed by atoms with Crippen LogP contribution in [0.25, 0.3) is 21.5 Å². The van der Waals surface area contributed by atoms with Gasteiger partial charge in [0.05, 0.1) is 17.4 Å². The zero-order chi connectivity index (χ0) is 31.2. The molecule has 0 N–H and O–H groups in total. The Morgan fingerprint density at radius 2 is 1.91 bits per heavy atom. The minimum absolute atomic E-state index is 0.00395. The second-order valence-corrected chi connectivity index (χ2v) is 11.7. The SMILES string of the molecule is CC[C@@H]1C[C@H](OC(=O)c2c(-c3ccccc3OC(F)(F)F)noc2C2CC2)CCN1c1nc2c(F)cc(C(=O)OC)cc2s1. The van der Waals surface area contributed by atoms with E-state index in [1.165, 1.54) is 36.6 Å². The number of ether oxygens (including phenoxy) is 3. The summed E-state index contributed by atoms with van der Waals surface area (Å²) in [7, 11) is 1.23. The number of halogens is 4. The van der Waals surface area contributed by atoms with E-state index in [1.807, 2.05) is 11.8 Å². The Morgan fingerprint density at radius 1 is 1.14 bits per heavy atom. The number of esters is 2. The summed E-state index contributed by atoms with van der Waals surface area (Å²) in [6.45, 7) is 2.43. The monoisotopic (exact) mass is 633 g/mol. The van der Waals surface area contributed by atoms with Crippen LogP contribution in [0.3, 0.4) is 0 Å². The molecule has 4 aromatic rings. The van der Waals surface area contributed by atoms with E-state index in [9.17, 15) is 27.2 Å². The molecule has 0 unspecified atom stereocenters. The number of carbonyl (C=O) groups is 2. The molecule has 2 atom stereocenters. The van der Waals surface area contributed by atoms with Crippen LogP contribution >= 0.6 is 11.3 Å². The number of aromatic nitrogens is 2. The van der Waals surface area contributed by atoms with Gasteiger partial charge in [-0.15, -0.1) is 13.2 Å². The van der Waals surface area contributed by atoms with Gasteiger partial charge in [0.1, 0.15) is 28.6 Å². The van der Waals surface area contributed by atoms with Crippen molar-refractivity contribution in [3.05, 3.63) is 59.1 Å². The van der Waals surface area contributed by atoms with Crippen molar-refractivity contribution >= 4 is 38.6 Å². The van der Waals surface area contributed by atoms with E-state index < -0.39 is 36.0 Å². The lowest BCUT2D eigenvalue weighted by Crippen LogP contribution is -2.45. The molecule has 2 aromatic heterocycles. The molecule has 3 heterocycles. The fourth-order valence-electron chi connectivity index (χ4n) is 5.49. The van der Waals surface area contributed by atoms with Gasteiger partial charge in [0.25, 0.3) is 0 Å². The van der Waals surface area contributed by atoms with Crippen LogP contribution in [0.1, 0.15) is 71.4 Å². The Labute approximate surface area is 252 Å². The Hall–Kier alpha value is -4.20. The Bertz CT molecular complexity index is 1720. The van der Waals surface area contributed by atoms with Crippen molar-refractivity contribution in [1.29, 1.82) is 0 Å². The minimum Gasteiger partial charge on any atom is -0.465 e. The summed E-state index contributed by atoms with van der Waals surface area (Å²) in [5.41, 5.74) is 0.153. The molecular weight excluding hydrogens is 606 g/mol. The van der Waals surface area contributed by atoms with Gasteiger partial charge in [-0.1, -0.05) is 35.5 Å². The summed E-state index contributed by atoms with van der Waals surface area (Å²) in [4.78, 5) is 32.1. The van der Waals surface area contributed by atoms with E-state index in [0.29, 0.717) is 41.4 Å². The van der Waals surface area contributed by atoms with Gasteiger partial charge < -0.3 is 23.6 Å². The van der Waals surface area contributed by atoms with Gasteiger partial charge in [0, 0.05) is 36.9 Å². The van der Waals surface area contributed by atoms with Crippen molar-refractivity contribution in [2.45, 2.75) is 63.5 Å². The number of carbonyl (C=O) groups excluding carboxylic acids is 2. The molecule has 6 rings (SSSR count). The number of benzene rings is 2. The summed E-state index contributed by atoms with van der Waals surface area (Å²) in [5.74, 6) is -2.28. The summed E-state index contributed by atoms with van der Waals surface area (Å²) in [6.07, 6.45) is -2.37. The number of rotatable bonds is 8. The Kier molecular flexibility index (Phi) is 7.95. The maximum Gasteiger partial charge on any atom is 0.573 e. The molecule has 9 nitrogen and oxygen atoms in total. The number of hydrogen-bond donors (Lipinski definition) is 0. The first-order chi connectivity index (χ1) is 21.1. The highest BCUT2D eigenvalue weighted by Gasteiger charge is 2.40. The second-order valence-electron chi connectivity index (χ2n) is 10.7. The number of para-hydroxylation sites is 1. The van der Waals surface area contributed by atoms with Crippen molar-refractivity contribution in [3.8, 4) is 17.0 Å². The number of piperidine rings is 1. The average molecular weight is 634 g/mol. The van der Waals surface area contributed by atoms with E-state index in [4.69, 9.17) is 14.0 Å². The van der Waals surface area contributed by atoms with Crippen LogP contribution in [0.5, 0.6) is 5.75 Å². The lowest BCUT2D eigenvalue weighted by Gasteiger charge is -2.38. The lowest BCUT2D eigenvalue weighted by molar-refractivity contribution is -0.274. The molecular formula is C30H27F4N3O6S. The highest BCUT2D eigenvalue weighted by Crippen LogP contribution is 2.46. The minimum atomic E-state index is -4.94. The van der Waals surface area contributed by atoms with Gasteiger partial charge in [-0.05, 0) is 43.5 Å². The topological polar surface area (TPSA) is 104 Å². The lowest BCUT2D eigenvalue weighted by atomic mass is 9.97. The molecule has 1 saturated heterocycles. The number of thiazole rings is 1. The fourth-order valence-corrected chi connectivity index (χ4v) is 6.61. The molecule has 0 amide bonds. The number of fused-ring (bicyclic) bond motifs is 1. The highest BCUT2D eigenvalue weighted by atomic mass is 32.1. The van der Waals surface area contributed by atoms with Crippen LogP contribution in [0.4, 0.5) is 22.7 Å². The smallest absolute Gasteiger partial charge is 0.465 e. The first kappa shape index (κ1) is 29.9. The molecule has 0 radical (unpaired) electrons. The normalized spacial score (nSPS) is 18.8. The van der Waals surface area contributed by atoms with Crippen molar-refractivity contribution in [3.63, 3.8) is 0 Å².